The average molecular weight is 338 g/mol. The first-order valence-corrected chi connectivity index (χ1v) is 9.79. The second-order valence-electron chi connectivity index (χ2n) is 7.02. The lowest BCUT2D eigenvalue weighted by molar-refractivity contribution is -0.121. The predicted octanol–water partition coefficient (Wildman–Crippen LogP) is 4.99. The first kappa shape index (κ1) is 17.8. The van der Waals surface area contributed by atoms with Gasteiger partial charge >= 0.3 is 0 Å². The van der Waals surface area contributed by atoms with Crippen molar-refractivity contribution in [2.45, 2.75) is 64.8 Å². The summed E-state index contributed by atoms with van der Waals surface area (Å²) in [6.45, 7) is 3.95. The highest BCUT2D eigenvalue weighted by atomic mass is 16.1. The SMILES string of the molecule is CCn1cc(CCCC(=O)NCCC2=CCCCC2)c2ccccc21. The number of hydrogen-bond acceptors (Lipinski definition) is 1. The first-order chi connectivity index (χ1) is 12.3. The van der Waals surface area contributed by atoms with E-state index in [4.69, 9.17) is 0 Å². The lowest BCUT2D eigenvalue weighted by Gasteiger charge is -2.12. The molecule has 1 aliphatic rings. The third kappa shape index (κ3) is 4.75. The lowest BCUT2D eigenvalue weighted by atomic mass is 9.97. The normalized spacial score (nSPS) is 14.5. The van der Waals surface area contributed by atoms with Crippen molar-refractivity contribution in [2.24, 2.45) is 0 Å². The van der Waals surface area contributed by atoms with E-state index in [2.05, 4.69) is 53.3 Å². The maximum atomic E-state index is 12.1. The molecule has 134 valence electrons. The largest absolute Gasteiger partial charge is 0.356 e. The Bertz CT molecular complexity index is 742. The van der Waals surface area contributed by atoms with Gasteiger partial charge in [-0.2, -0.15) is 0 Å². The van der Waals surface area contributed by atoms with Crippen molar-refractivity contribution in [1.82, 2.24) is 9.88 Å². The lowest BCUT2D eigenvalue weighted by Crippen LogP contribution is -2.24. The number of nitrogens with one attached hydrogen (secondary N) is 1. The molecular formula is C22H30N2O. The molecule has 0 atom stereocenters. The van der Waals surface area contributed by atoms with Crippen molar-refractivity contribution >= 4 is 16.8 Å². The van der Waals surface area contributed by atoms with Gasteiger partial charge in [-0.15, -0.1) is 0 Å². The van der Waals surface area contributed by atoms with E-state index < -0.39 is 0 Å². The summed E-state index contributed by atoms with van der Waals surface area (Å²) in [4.78, 5) is 12.1. The molecule has 0 saturated heterocycles. The van der Waals surface area contributed by atoms with Crippen molar-refractivity contribution in [3.8, 4) is 0 Å². The Labute approximate surface area is 151 Å². The number of para-hydroxylation sites is 1. The molecule has 1 aromatic carbocycles. The molecule has 3 nitrogen and oxygen atoms in total. The zero-order chi connectivity index (χ0) is 17.5. The van der Waals surface area contributed by atoms with Gasteiger partial charge in [-0.25, -0.2) is 0 Å². The standard InChI is InChI=1S/C22H30N2O/c1-2-24-17-19(20-12-6-7-13-21(20)24)11-8-14-22(25)23-16-15-18-9-4-3-5-10-18/h6-7,9,12-13,17H,2-5,8,10-11,14-16H2,1H3,(H,23,25). The van der Waals surface area contributed by atoms with Crippen molar-refractivity contribution in [3.05, 3.63) is 47.7 Å². The topological polar surface area (TPSA) is 34.0 Å². The Kier molecular flexibility index (Phi) is 6.32. The Balaban J connectivity index is 1.43. The van der Waals surface area contributed by atoms with Crippen LogP contribution in [0, 0.1) is 0 Å². The van der Waals surface area contributed by atoms with Gasteiger partial charge in [0.15, 0.2) is 0 Å². The summed E-state index contributed by atoms with van der Waals surface area (Å²) in [6, 6.07) is 8.55. The van der Waals surface area contributed by atoms with Crippen LogP contribution in [-0.2, 0) is 17.8 Å². The molecule has 1 amide bonds. The van der Waals surface area contributed by atoms with E-state index in [-0.39, 0.29) is 5.91 Å². The molecule has 0 fully saturated rings. The fourth-order valence-electron chi connectivity index (χ4n) is 3.81. The van der Waals surface area contributed by atoms with Crippen molar-refractivity contribution in [3.63, 3.8) is 0 Å². The van der Waals surface area contributed by atoms with Gasteiger partial charge in [0, 0.05) is 36.6 Å². The van der Waals surface area contributed by atoms with Crippen LogP contribution in [0.1, 0.15) is 57.4 Å². The van der Waals surface area contributed by atoms with Gasteiger partial charge in [0.05, 0.1) is 0 Å². The minimum Gasteiger partial charge on any atom is -0.356 e. The Morgan fingerprint density at radius 2 is 2.08 bits per heavy atom. The van der Waals surface area contributed by atoms with E-state index in [0.29, 0.717) is 6.42 Å². The molecule has 0 unspecified atom stereocenters. The molecule has 0 saturated carbocycles. The molecule has 3 rings (SSSR count). The van der Waals surface area contributed by atoms with Crippen LogP contribution in [0.15, 0.2) is 42.1 Å². The van der Waals surface area contributed by atoms with Crippen molar-refractivity contribution < 1.29 is 4.79 Å². The van der Waals surface area contributed by atoms with Gasteiger partial charge in [0.1, 0.15) is 0 Å². The fraction of sp³-hybridized carbons (Fsp3) is 0.500. The minimum atomic E-state index is 0.190. The Morgan fingerprint density at radius 3 is 2.88 bits per heavy atom. The molecule has 0 radical (unpaired) electrons. The second-order valence-corrected chi connectivity index (χ2v) is 7.02. The van der Waals surface area contributed by atoms with Crippen LogP contribution in [-0.4, -0.2) is 17.0 Å². The maximum absolute atomic E-state index is 12.1. The van der Waals surface area contributed by atoms with Crippen molar-refractivity contribution in [1.29, 1.82) is 0 Å². The number of amides is 1. The van der Waals surface area contributed by atoms with Crippen LogP contribution in [0.25, 0.3) is 10.9 Å². The molecule has 25 heavy (non-hydrogen) atoms. The number of aromatic nitrogens is 1. The molecular weight excluding hydrogens is 308 g/mol. The quantitative estimate of drug-likeness (QED) is 0.676. The molecule has 0 bridgehead atoms. The van der Waals surface area contributed by atoms with E-state index in [1.165, 1.54) is 47.7 Å². The minimum absolute atomic E-state index is 0.190. The predicted molar refractivity (Wildman–Crippen MR) is 105 cm³/mol. The van der Waals surface area contributed by atoms with Crippen LogP contribution < -0.4 is 5.32 Å². The van der Waals surface area contributed by atoms with E-state index in [0.717, 1.165) is 32.4 Å². The zero-order valence-electron chi connectivity index (χ0n) is 15.4. The highest BCUT2D eigenvalue weighted by molar-refractivity contribution is 5.84. The number of hydrogen-bond donors (Lipinski definition) is 1. The monoisotopic (exact) mass is 338 g/mol. The molecule has 1 aliphatic carbocycles. The first-order valence-electron chi connectivity index (χ1n) is 9.79. The molecule has 1 aromatic heterocycles. The van der Waals surface area contributed by atoms with Gasteiger partial charge < -0.3 is 9.88 Å². The fourth-order valence-corrected chi connectivity index (χ4v) is 3.81. The van der Waals surface area contributed by atoms with Gasteiger partial charge in [-0.05, 0) is 63.5 Å². The molecule has 0 aliphatic heterocycles. The number of carbonyl (C=O) groups is 1. The number of fused-ring (bicyclic) bond motifs is 1. The van der Waals surface area contributed by atoms with Crippen LogP contribution >= 0.6 is 0 Å². The molecule has 0 spiro atoms. The van der Waals surface area contributed by atoms with Gasteiger partial charge in [0.25, 0.3) is 0 Å². The average Bonchev–Trinajstić information content (AvgIpc) is 3.01. The third-order valence-electron chi connectivity index (χ3n) is 5.22. The van der Waals surface area contributed by atoms with E-state index in [9.17, 15) is 4.79 Å². The summed E-state index contributed by atoms with van der Waals surface area (Å²) in [5, 5.41) is 4.41. The molecule has 2 aromatic rings. The highest BCUT2D eigenvalue weighted by Crippen LogP contribution is 2.23. The summed E-state index contributed by atoms with van der Waals surface area (Å²) in [5.41, 5.74) is 4.18. The smallest absolute Gasteiger partial charge is 0.220 e. The van der Waals surface area contributed by atoms with E-state index >= 15 is 0 Å². The van der Waals surface area contributed by atoms with E-state index in [1.807, 2.05) is 0 Å². The molecule has 1 heterocycles. The Hall–Kier alpha value is -2.03. The summed E-state index contributed by atoms with van der Waals surface area (Å²) in [6.07, 6.45) is 13.2. The highest BCUT2D eigenvalue weighted by Gasteiger charge is 2.09. The van der Waals surface area contributed by atoms with Gasteiger partial charge in [-0.3, -0.25) is 4.79 Å². The summed E-state index contributed by atoms with van der Waals surface area (Å²) in [5.74, 6) is 0.190. The Morgan fingerprint density at radius 1 is 1.20 bits per heavy atom. The van der Waals surface area contributed by atoms with Gasteiger partial charge in [0.2, 0.25) is 5.91 Å². The zero-order valence-corrected chi connectivity index (χ0v) is 15.4. The summed E-state index contributed by atoms with van der Waals surface area (Å²) < 4.78 is 2.29. The molecule has 1 N–H and O–H groups in total. The van der Waals surface area contributed by atoms with E-state index in [1.54, 1.807) is 0 Å². The van der Waals surface area contributed by atoms with Crippen LogP contribution in [0.3, 0.4) is 0 Å². The summed E-state index contributed by atoms with van der Waals surface area (Å²) >= 11 is 0. The number of benzene rings is 1. The number of nitrogens with zero attached hydrogens (tertiary/aromatic N) is 1. The summed E-state index contributed by atoms with van der Waals surface area (Å²) in [7, 11) is 0. The van der Waals surface area contributed by atoms with Crippen LogP contribution in [0.4, 0.5) is 0 Å². The van der Waals surface area contributed by atoms with Crippen LogP contribution in [0.5, 0.6) is 0 Å². The number of rotatable bonds is 8. The number of carbonyl (C=O) groups excluding carboxylic acids is 1. The van der Waals surface area contributed by atoms with Crippen LogP contribution in [0.2, 0.25) is 0 Å². The maximum Gasteiger partial charge on any atom is 0.220 e. The third-order valence-corrected chi connectivity index (χ3v) is 5.22. The van der Waals surface area contributed by atoms with Crippen molar-refractivity contribution in [2.75, 3.05) is 6.54 Å². The number of aryl methyl sites for hydroxylation is 2. The number of allylic oxidation sites excluding steroid dienone is 1. The second kappa shape index (κ2) is 8.89. The van der Waals surface area contributed by atoms with Gasteiger partial charge in [-0.1, -0.05) is 29.8 Å². The molecule has 3 heteroatoms.